The lowest BCUT2D eigenvalue weighted by Crippen LogP contribution is -2.35. The van der Waals surface area contributed by atoms with Gasteiger partial charge < -0.3 is 9.80 Å². The molecule has 2 aromatic rings. The van der Waals surface area contributed by atoms with E-state index >= 15 is 0 Å². The van der Waals surface area contributed by atoms with Crippen LogP contribution in [0.5, 0.6) is 0 Å². The van der Waals surface area contributed by atoms with E-state index in [0.717, 1.165) is 27.9 Å². The van der Waals surface area contributed by atoms with E-state index in [1.165, 1.54) is 12.1 Å². The normalized spacial score (nSPS) is 15.3. The van der Waals surface area contributed by atoms with Crippen molar-refractivity contribution in [2.75, 3.05) is 25.0 Å². The lowest BCUT2D eigenvalue weighted by Gasteiger charge is -2.23. The monoisotopic (exact) mass is 410 g/mol. The summed E-state index contributed by atoms with van der Waals surface area (Å²) in [6, 6.07) is 12.2. The van der Waals surface area contributed by atoms with Crippen molar-refractivity contribution in [1.82, 2.24) is 4.90 Å². The van der Waals surface area contributed by atoms with Gasteiger partial charge in [-0.15, -0.1) is 0 Å². The van der Waals surface area contributed by atoms with Crippen molar-refractivity contribution in [1.29, 1.82) is 0 Å². The number of rotatable bonds is 1. The molecule has 0 aliphatic carbocycles. The first-order valence-electron chi connectivity index (χ1n) is 7.09. The van der Waals surface area contributed by atoms with Crippen LogP contribution in [0.2, 0.25) is 0 Å². The molecule has 0 saturated carbocycles. The van der Waals surface area contributed by atoms with Crippen LogP contribution in [-0.2, 0) is 6.54 Å². The van der Waals surface area contributed by atoms with Gasteiger partial charge >= 0.3 is 0 Å². The van der Waals surface area contributed by atoms with Gasteiger partial charge in [-0.25, -0.2) is 4.39 Å². The molecular formula is C17H16FIN2O. The zero-order chi connectivity index (χ0) is 15.7. The molecule has 1 heterocycles. The molecule has 0 bridgehead atoms. The first kappa shape index (κ1) is 15.4. The van der Waals surface area contributed by atoms with Crippen molar-refractivity contribution < 1.29 is 9.18 Å². The number of anilines is 1. The fraction of sp³-hybridized carbons (Fsp3) is 0.235. The topological polar surface area (TPSA) is 23.6 Å². The van der Waals surface area contributed by atoms with Crippen LogP contribution >= 0.6 is 22.6 Å². The molecule has 2 aromatic carbocycles. The van der Waals surface area contributed by atoms with Crippen molar-refractivity contribution in [2.24, 2.45) is 0 Å². The van der Waals surface area contributed by atoms with Gasteiger partial charge in [0.1, 0.15) is 5.82 Å². The summed E-state index contributed by atoms with van der Waals surface area (Å²) >= 11 is 2.08. The predicted molar refractivity (Wildman–Crippen MR) is 93.6 cm³/mol. The highest BCUT2D eigenvalue weighted by Gasteiger charge is 2.25. The number of carbonyl (C=O) groups is 1. The van der Waals surface area contributed by atoms with Crippen LogP contribution in [0.1, 0.15) is 15.9 Å². The summed E-state index contributed by atoms with van der Waals surface area (Å²) in [5, 5.41) is 0. The Morgan fingerprint density at radius 1 is 1.18 bits per heavy atom. The largest absolute Gasteiger partial charge is 0.307 e. The van der Waals surface area contributed by atoms with E-state index in [9.17, 15) is 9.18 Å². The minimum atomic E-state index is -0.385. The second-order valence-electron chi connectivity index (χ2n) is 5.45. The van der Waals surface area contributed by atoms with Crippen LogP contribution in [0, 0.1) is 9.39 Å². The number of hydrogen-bond donors (Lipinski definition) is 0. The van der Waals surface area contributed by atoms with Gasteiger partial charge in [-0.05, 0) is 59.5 Å². The van der Waals surface area contributed by atoms with Crippen molar-refractivity contribution in [3.63, 3.8) is 0 Å². The van der Waals surface area contributed by atoms with Gasteiger partial charge in [0.05, 0.1) is 5.56 Å². The molecule has 0 saturated heterocycles. The van der Waals surface area contributed by atoms with Crippen LogP contribution in [0.4, 0.5) is 10.1 Å². The number of nitrogens with zero attached hydrogens (tertiary/aromatic N) is 2. The average molecular weight is 410 g/mol. The summed E-state index contributed by atoms with van der Waals surface area (Å²) in [7, 11) is 2.04. The molecule has 1 amide bonds. The van der Waals surface area contributed by atoms with Gasteiger partial charge in [-0.2, -0.15) is 0 Å². The molecule has 1 aliphatic heterocycles. The molecule has 0 atom stereocenters. The molecule has 0 unspecified atom stereocenters. The smallest absolute Gasteiger partial charge is 0.259 e. The lowest BCUT2D eigenvalue weighted by atomic mass is 10.1. The number of carbonyl (C=O) groups excluding carboxylic acids is 1. The maximum atomic E-state index is 13.5. The van der Waals surface area contributed by atoms with E-state index in [1.54, 1.807) is 11.0 Å². The summed E-state index contributed by atoms with van der Waals surface area (Å²) in [6.07, 6.45) is 0. The average Bonchev–Trinajstić information content (AvgIpc) is 2.67. The molecule has 3 nitrogen and oxygen atoms in total. The molecule has 0 fully saturated rings. The van der Waals surface area contributed by atoms with E-state index in [-0.39, 0.29) is 11.7 Å². The maximum Gasteiger partial charge on any atom is 0.259 e. The van der Waals surface area contributed by atoms with E-state index in [0.29, 0.717) is 12.1 Å². The minimum Gasteiger partial charge on any atom is -0.307 e. The van der Waals surface area contributed by atoms with E-state index in [1.807, 2.05) is 31.3 Å². The van der Waals surface area contributed by atoms with Crippen LogP contribution in [0.3, 0.4) is 0 Å². The van der Waals surface area contributed by atoms with Crippen LogP contribution in [0.15, 0.2) is 42.5 Å². The first-order chi connectivity index (χ1) is 10.6. The predicted octanol–water partition coefficient (Wildman–Crippen LogP) is 3.52. The van der Waals surface area contributed by atoms with Gasteiger partial charge in [-0.1, -0.05) is 18.2 Å². The number of benzene rings is 2. The fourth-order valence-electron chi connectivity index (χ4n) is 2.69. The van der Waals surface area contributed by atoms with Gasteiger partial charge in [0.2, 0.25) is 0 Å². The molecule has 5 heteroatoms. The van der Waals surface area contributed by atoms with Gasteiger partial charge in [0, 0.05) is 28.9 Å². The zero-order valence-electron chi connectivity index (χ0n) is 12.2. The first-order valence-corrected chi connectivity index (χ1v) is 8.17. The number of halogens is 2. The maximum absolute atomic E-state index is 13.5. The van der Waals surface area contributed by atoms with E-state index in [4.69, 9.17) is 0 Å². The van der Waals surface area contributed by atoms with Gasteiger partial charge in [-0.3, -0.25) is 4.79 Å². The Hall–Kier alpha value is -1.47. The number of likely N-dealkylation sites (N-methyl/N-ethyl adjacent to an activating group) is 1. The second kappa shape index (κ2) is 6.34. The Balaban J connectivity index is 2.04. The summed E-state index contributed by atoms with van der Waals surface area (Å²) in [5.41, 5.74) is 2.44. The highest BCUT2D eigenvalue weighted by molar-refractivity contribution is 14.1. The molecule has 22 heavy (non-hydrogen) atoms. The molecule has 3 rings (SSSR count). The fourth-order valence-corrected chi connectivity index (χ4v) is 3.25. The highest BCUT2D eigenvalue weighted by Crippen LogP contribution is 2.27. The summed E-state index contributed by atoms with van der Waals surface area (Å²) in [5.74, 6) is -0.532. The summed E-state index contributed by atoms with van der Waals surface area (Å²) in [4.78, 5) is 16.9. The quantitative estimate of drug-likeness (QED) is 0.672. The van der Waals surface area contributed by atoms with Crippen molar-refractivity contribution >= 4 is 34.2 Å². The molecular weight excluding hydrogens is 394 g/mol. The minimum absolute atomic E-state index is 0.147. The second-order valence-corrected chi connectivity index (χ2v) is 6.61. The molecule has 0 spiro atoms. The van der Waals surface area contributed by atoms with E-state index in [2.05, 4.69) is 27.5 Å². The zero-order valence-corrected chi connectivity index (χ0v) is 14.4. The molecule has 0 radical (unpaired) electrons. The van der Waals surface area contributed by atoms with Gasteiger partial charge in [0.25, 0.3) is 5.91 Å². The summed E-state index contributed by atoms with van der Waals surface area (Å²) in [6.45, 7) is 2.19. The third-order valence-electron chi connectivity index (χ3n) is 3.83. The Kier molecular flexibility index (Phi) is 4.44. The van der Waals surface area contributed by atoms with Crippen LogP contribution in [0.25, 0.3) is 0 Å². The van der Waals surface area contributed by atoms with E-state index < -0.39 is 0 Å². The number of amides is 1. The van der Waals surface area contributed by atoms with Crippen molar-refractivity contribution in [3.05, 3.63) is 63.0 Å². The molecule has 1 aliphatic rings. The lowest BCUT2D eigenvalue weighted by molar-refractivity contribution is 0.0984. The Bertz CT molecular complexity index is 720. The van der Waals surface area contributed by atoms with Crippen LogP contribution in [-0.4, -0.2) is 30.9 Å². The van der Waals surface area contributed by atoms with Crippen molar-refractivity contribution in [3.8, 4) is 0 Å². The van der Waals surface area contributed by atoms with Crippen LogP contribution < -0.4 is 4.90 Å². The number of hydrogen-bond acceptors (Lipinski definition) is 2. The standard InChI is InChI=1S/C17H16FIN2O/c1-20-8-9-21(16-5-3-2-4-12(16)11-20)17(22)14-10-13(18)6-7-15(14)19/h2-7,10H,8-9,11H2,1H3. The highest BCUT2D eigenvalue weighted by atomic mass is 127. The Morgan fingerprint density at radius 3 is 2.77 bits per heavy atom. The Labute approximate surface area is 142 Å². The molecule has 0 aromatic heterocycles. The number of fused-ring (bicyclic) bond motifs is 1. The SMILES string of the molecule is CN1CCN(C(=O)c2cc(F)ccc2I)c2ccccc2C1. The Morgan fingerprint density at radius 2 is 1.95 bits per heavy atom. The number of para-hydroxylation sites is 1. The molecule has 114 valence electrons. The third kappa shape index (κ3) is 3.01. The summed E-state index contributed by atoms with van der Waals surface area (Å²) < 4.78 is 14.3. The van der Waals surface area contributed by atoms with Gasteiger partial charge in [0.15, 0.2) is 0 Å². The third-order valence-corrected chi connectivity index (χ3v) is 4.77. The molecule has 0 N–H and O–H groups in total. The van der Waals surface area contributed by atoms with Crippen molar-refractivity contribution in [2.45, 2.75) is 6.54 Å².